The van der Waals surface area contributed by atoms with Gasteiger partial charge < -0.3 is 13.9 Å². The van der Waals surface area contributed by atoms with Crippen molar-refractivity contribution in [1.29, 1.82) is 0 Å². The summed E-state index contributed by atoms with van der Waals surface area (Å²) < 4.78 is 19.8. The Kier molecular flexibility index (Phi) is 8.15. The lowest BCUT2D eigenvalue weighted by atomic mass is 10.1. The van der Waals surface area contributed by atoms with Gasteiger partial charge in [-0.1, -0.05) is 39.8 Å². The van der Waals surface area contributed by atoms with E-state index < -0.39 is 30.7 Å². The van der Waals surface area contributed by atoms with E-state index in [-0.39, 0.29) is 41.7 Å². The Hall–Kier alpha value is -2.60. The van der Waals surface area contributed by atoms with Crippen LogP contribution in [0.15, 0.2) is 40.1 Å². The molecule has 3 rings (SSSR count). The van der Waals surface area contributed by atoms with Gasteiger partial charge in [0.15, 0.2) is 8.32 Å². The lowest BCUT2D eigenvalue weighted by Crippen LogP contribution is -2.45. The van der Waals surface area contributed by atoms with Crippen molar-refractivity contribution in [3.8, 4) is 0 Å². The molecule has 1 saturated heterocycles. The van der Waals surface area contributed by atoms with Crippen LogP contribution in [0.5, 0.6) is 0 Å². The number of aromatic nitrogens is 2. The molecule has 0 bridgehead atoms. The fourth-order valence-electron chi connectivity index (χ4n) is 3.84. The van der Waals surface area contributed by atoms with E-state index in [1.165, 1.54) is 16.8 Å². The van der Waals surface area contributed by atoms with Gasteiger partial charge in [-0.05, 0) is 30.6 Å². The SMILES string of the molecule is CC[C@H]1O[C@@H](n2cc(COCc3ccccc3[N+](=O)[O-])c(=O)[nH]c2=O)CC1O[Si](C)(C)C(C)(C)C. The maximum Gasteiger partial charge on any atom is 0.330 e. The van der Waals surface area contributed by atoms with Crippen LogP contribution in [-0.2, 0) is 27.1 Å². The van der Waals surface area contributed by atoms with E-state index >= 15 is 0 Å². The summed E-state index contributed by atoms with van der Waals surface area (Å²) in [5, 5.41) is 11.2. The van der Waals surface area contributed by atoms with Crippen molar-refractivity contribution in [2.75, 3.05) is 0 Å². The van der Waals surface area contributed by atoms with Crippen LogP contribution >= 0.6 is 0 Å². The van der Waals surface area contributed by atoms with Crippen molar-refractivity contribution in [3.63, 3.8) is 0 Å². The van der Waals surface area contributed by atoms with Crippen molar-refractivity contribution in [1.82, 2.24) is 9.55 Å². The molecule has 1 unspecified atom stereocenters. The first-order valence-electron chi connectivity index (χ1n) is 11.8. The van der Waals surface area contributed by atoms with Crippen molar-refractivity contribution in [2.24, 2.45) is 0 Å². The summed E-state index contributed by atoms with van der Waals surface area (Å²) >= 11 is 0. The standard InChI is InChI=1S/C24H35N3O7Si/c1-7-19-20(34-35(5,6)24(2,3)4)12-21(33-19)26-13-17(22(28)25-23(26)29)15-32-14-16-10-8-9-11-18(16)27(30)31/h8-11,13,19-21H,7,12,14-15H2,1-6H3,(H,25,28,29)/t19-,20?,21-/m1/s1. The fourth-order valence-corrected chi connectivity index (χ4v) is 5.20. The Labute approximate surface area is 205 Å². The monoisotopic (exact) mass is 505 g/mol. The van der Waals surface area contributed by atoms with E-state index in [2.05, 4.69) is 38.8 Å². The van der Waals surface area contributed by atoms with Crippen LogP contribution in [0, 0.1) is 10.1 Å². The molecule has 2 heterocycles. The van der Waals surface area contributed by atoms with Gasteiger partial charge in [0.25, 0.3) is 11.2 Å². The Morgan fingerprint density at radius 3 is 2.49 bits per heavy atom. The molecule has 10 nitrogen and oxygen atoms in total. The summed E-state index contributed by atoms with van der Waals surface area (Å²) in [5.41, 5.74) is -0.548. The first-order chi connectivity index (χ1) is 16.3. The summed E-state index contributed by atoms with van der Waals surface area (Å²) in [6.45, 7) is 12.8. The Bertz CT molecular complexity index is 1170. The van der Waals surface area contributed by atoms with Gasteiger partial charge in [-0.15, -0.1) is 0 Å². The number of H-pyrrole nitrogens is 1. The minimum atomic E-state index is -2.05. The Balaban J connectivity index is 1.76. The number of nitrogens with one attached hydrogen (secondary N) is 1. The molecule has 0 amide bonds. The second-order valence-electron chi connectivity index (χ2n) is 10.4. The number of hydrogen-bond donors (Lipinski definition) is 1. The minimum absolute atomic E-state index is 0.0382. The third kappa shape index (κ3) is 6.15. The predicted molar refractivity (Wildman–Crippen MR) is 134 cm³/mol. The minimum Gasteiger partial charge on any atom is -0.411 e. The van der Waals surface area contributed by atoms with E-state index in [4.69, 9.17) is 13.9 Å². The maximum absolute atomic E-state index is 12.6. The maximum atomic E-state index is 12.6. The number of rotatable bonds is 9. The highest BCUT2D eigenvalue weighted by molar-refractivity contribution is 6.74. The topological polar surface area (TPSA) is 126 Å². The van der Waals surface area contributed by atoms with Gasteiger partial charge in [0.2, 0.25) is 0 Å². The smallest absolute Gasteiger partial charge is 0.330 e. The van der Waals surface area contributed by atoms with E-state index in [9.17, 15) is 19.7 Å². The van der Waals surface area contributed by atoms with Gasteiger partial charge in [-0.3, -0.25) is 24.5 Å². The molecule has 1 aliphatic heterocycles. The van der Waals surface area contributed by atoms with Gasteiger partial charge in [0.05, 0.1) is 41.5 Å². The summed E-state index contributed by atoms with van der Waals surface area (Å²) in [6.07, 6.45) is 1.79. The summed E-state index contributed by atoms with van der Waals surface area (Å²) in [7, 11) is -2.05. The van der Waals surface area contributed by atoms with Crippen LogP contribution in [0.1, 0.15) is 57.9 Å². The largest absolute Gasteiger partial charge is 0.411 e. The highest BCUT2D eigenvalue weighted by Gasteiger charge is 2.44. The molecule has 1 aromatic heterocycles. The number of ether oxygens (including phenoxy) is 2. The van der Waals surface area contributed by atoms with Crippen LogP contribution < -0.4 is 11.2 Å². The van der Waals surface area contributed by atoms with Crippen molar-refractivity contribution in [3.05, 3.63) is 72.5 Å². The van der Waals surface area contributed by atoms with Crippen LogP contribution in [0.2, 0.25) is 18.1 Å². The van der Waals surface area contributed by atoms with Crippen LogP contribution in [0.3, 0.4) is 0 Å². The molecule has 35 heavy (non-hydrogen) atoms. The van der Waals surface area contributed by atoms with Gasteiger partial charge >= 0.3 is 5.69 Å². The molecule has 0 aliphatic carbocycles. The number of hydrogen-bond acceptors (Lipinski definition) is 7. The molecule has 2 aromatic rings. The summed E-state index contributed by atoms with van der Waals surface area (Å²) in [6, 6.07) is 6.26. The normalized spacial score (nSPS) is 20.8. The number of benzene rings is 1. The number of nitrogens with zero attached hydrogens (tertiary/aromatic N) is 2. The predicted octanol–water partition coefficient (Wildman–Crippen LogP) is 4.25. The number of nitro benzene ring substituents is 1. The number of nitro groups is 1. The third-order valence-corrected chi connectivity index (χ3v) is 11.4. The lowest BCUT2D eigenvalue weighted by molar-refractivity contribution is -0.386. The van der Waals surface area contributed by atoms with Crippen LogP contribution in [0.4, 0.5) is 5.69 Å². The first kappa shape index (κ1) is 27.0. The molecule has 0 radical (unpaired) electrons. The Morgan fingerprint density at radius 2 is 1.86 bits per heavy atom. The van der Waals surface area contributed by atoms with E-state index in [1.807, 2.05) is 6.92 Å². The second kappa shape index (κ2) is 10.6. The van der Waals surface area contributed by atoms with Crippen molar-refractivity contribution >= 4 is 14.0 Å². The fraction of sp³-hybridized carbons (Fsp3) is 0.583. The number of aromatic amines is 1. The average molecular weight is 506 g/mol. The zero-order valence-corrected chi connectivity index (χ0v) is 22.2. The molecule has 0 spiro atoms. The van der Waals surface area contributed by atoms with E-state index in [0.29, 0.717) is 12.0 Å². The first-order valence-corrected chi connectivity index (χ1v) is 14.7. The van der Waals surface area contributed by atoms with Crippen molar-refractivity contribution in [2.45, 2.75) is 90.3 Å². The highest BCUT2D eigenvalue weighted by Crippen LogP contribution is 2.41. The molecule has 1 aromatic carbocycles. The molecule has 11 heteroatoms. The quantitative estimate of drug-likeness (QED) is 0.307. The molecular weight excluding hydrogens is 470 g/mol. The van der Waals surface area contributed by atoms with Gasteiger partial charge in [-0.2, -0.15) is 0 Å². The summed E-state index contributed by atoms with van der Waals surface area (Å²) in [4.78, 5) is 38.1. The molecule has 0 saturated carbocycles. The van der Waals surface area contributed by atoms with E-state index in [1.54, 1.807) is 18.2 Å². The molecule has 1 fully saturated rings. The lowest BCUT2D eigenvalue weighted by Gasteiger charge is -2.39. The summed E-state index contributed by atoms with van der Waals surface area (Å²) in [5.74, 6) is 0. The molecule has 1 aliphatic rings. The zero-order valence-electron chi connectivity index (χ0n) is 21.2. The molecule has 3 atom stereocenters. The van der Waals surface area contributed by atoms with E-state index in [0.717, 1.165) is 6.42 Å². The van der Waals surface area contributed by atoms with Gasteiger partial charge in [0, 0.05) is 18.7 Å². The molecule has 1 N–H and O–H groups in total. The molecule has 192 valence electrons. The van der Waals surface area contributed by atoms with Crippen molar-refractivity contribution < 1.29 is 18.8 Å². The molecular formula is C24H35N3O7Si. The second-order valence-corrected chi connectivity index (χ2v) is 15.1. The third-order valence-electron chi connectivity index (χ3n) is 6.89. The Morgan fingerprint density at radius 1 is 1.20 bits per heavy atom. The average Bonchev–Trinajstić information content (AvgIpc) is 3.16. The van der Waals surface area contributed by atoms with Crippen LogP contribution in [-0.4, -0.2) is 35.0 Å². The van der Waals surface area contributed by atoms with Crippen LogP contribution in [0.25, 0.3) is 0 Å². The highest BCUT2D eigenvalue weighted by atomic mass is 28.4. The van der Waals surface area contributed by atoms with Gasteiger partial charge in [-0.25, -0.2) is 4.79 Å². The number of para-hydroxylation sites is 1. The van der Waals surface area contributed by atoms with Gasteiger partial charge in [0.1, 0.15) is 6.23 Å². The zero-order chi connectivity index (χ0) is 26.0.